The molecule has 5 heteroatoms. The average Bonchev–Trinajstić information content (AvgIpc) is 2.89. The molecule has 1 aliphatic rings. The van der Waals surface area contributed by atoms with E-state index in [1.807, 2.05) is 12.1 Å². The van der Waals surface area contributed by atoms with Gasteiger partial charge < -0.3 is 15.6 Å². The van der Waals surface area contributed by atoms with Gasteiger partial charge >= 0.3 is 0 Å². The van der Waals surface area contributed by atoms with Crippen LogP contribution in [0.15, 0.2) is 30.5 Å². The lowest BCUT2D eigenvalue weighted by molar-refractivity contribution is 0.100. The molecule has 0 spiro atoms. The topological polar surface area (TPSA) is 72.9 Å². The molecule has 22 heavy (non-hydrogen) atoms. The summed E-state index contributed by atoms with van der Waals surface area (Å²) >= 11 is 0. The number of aromatic nitrogens is 2. The normalized spacial score (nSPS) is 17.2. The molecule has 1 aromatic heterocycles. The van der Waals surface area contributed by atoms with Crippen LogP contribution in [0.1, 0.15) is 46.2 Å². The Labute approximate surface area is 130 Å². The zero-order valence-corrected chi connectivity index (χ0v) is 12.9. The van der Waals surface area contributed by atoms with Crippen molar-refractivity contribution < 1.29 is 4.79 Å². The third-order valence-corrected chi connectivity index (χ3v) is 4.20. The zero-order valence-electron chi connectivity index (χ0n) is 12.9. The van der Waals surface area contributed by atoms with Gasteiger partial charge in [0.25, 0.3) is 0 Å². The number of nitrogens with two attached hydrogens (primary N) is 1. The molecular weight excluding hydrogens is 276 g/mol. The highest BCUT2D eigenvalue weighted by Gasteiger charge is 2.21. The SMILES string of the molecule is Cc1cn2c(n1)[C@H](CNCc1ccc(C(N)=O)cc1)CCC2. The summed E-state index contributed by atoms with van der Waals surface area (Å²) in [6, 6.07) is 7.43. The number of benzene rings is 1. The lowest BCUT2D eigenvalue weighted by Crippen LogP contribution is -2.26. The van der Waals surface area contributed by atoms with E-state index in [4.69, 9.17) is 5.73 Å². The number of rotatable bonds is 5. The van der Waals surface area contributed by atoms with E-state index >= 15 is 0 Å². The second-order valence-corrected chi connectivity index (χ2v) is 5.97. The first kappa shape index (κ1) is 14.8. The van der Waals surface area contributed by atoms with Crippen LogP contribution in [-0.2, 0) is 13.1 Å². The predicted molar refractivity (Wildman–Crippen MR) is 85.6 cm³/mol. The molecule has 1 aromatic carbocycles. The van der Waals surface area contributed by atoms with Crippen molar-refractivity contribution in [3.63, 3.8) is 0 Å². The molecule has 1 atom stereocenters. The van der Waals surface area contributed by atoms with Gasteiger partial charge in [-0.15, -0.1) is 0 Å². The molecule has 2 aromatic rings. The summed E-state index contributed by atoms with van der Waals surface area (Å²) in [7, 11) is 0. The highest BCUT2D eigenvalue weighted by atomic mass is 16.1. The van der Waals surface area contributed by atoms with E-state index in [9.17, 15) is 4.79 Å². The van der Waals surface area contributed by atoms with Crippen LogP contribution in [0.25, 0.3) is 0 Å². The van der Waals surface area contributed by atoms with Gasteiger partial charge in [0.2, 0.25) is 5.91 Å². The summed E-state index contributed by atoms with van der Waals surface area (Å²) in [5.74, 6) is 1.30. The third-order valence-electron chi connectivity index (χ3n) is 4.20. The molecule has 0 saturated carbocycles. The van der Waals surface area contributed by atoms with Gasteiger partial charge in [0.05, 0.1) is 5.69 Å². The van der Waals surface area contributed by atoms with Crippen molar-refractivity contribution in [3.8, 4) is 0 Å². The maximum atomic E-state index is 11.0. The third kappa shape index (κ3) is 3.20. The number of primary amides is 1. The fraction of sp³-hybridized carbons (Fsp3) is 0.412. The summed E-state index contributed by atoms with van der Waals surface area (Å²) in [5.41, 5.74) is 8.05. The molecule has 1 amide bonds. The highest BCUT2D eigenvalue weighted by Crippen LogP contribution is 2.26. The molecule has 5 nitrogen and oxygen atoms in total. The number of amides is 1. The molecule has 0 fully saturated rings. The first-order valence-corrected chi connectivity index (χ1v) is 7.76. The van der Waals surface area contributed by atoms with E-state index < -0.39 is 0 Å². The average molecular weight is 298 g/mol. The standard InChI is InChI=1S/C17H22N4O/c1-12-11-21-8-2-3-15(17(21)20-12)10-19-9-13-4-6-14(7-5-13)16(18)22/h4-7,11,15,19H,2-3,8-10H2,1H3,(H2,18,22)/t15-/m0/s1. The number of aryl methyl sites for hydroxylation is 2. The Balaban J connectivity index is 1.56. The first-order chi connectivity index (χ1) is 10.6. The Kier molecular flexibility index (Phi) is 4.24. The molecule has 1 aliphatic heterocycles. The summed E-state index contributed by atoms with van der Waals surface area (Å²) < 4.78 is 2.28. The zero-order chi connectivity index (χ0) is 15.5. The Morgan fingerprint density at radius 3 is 2.91 bits per heavy atom. The first-order valence-electron chi connectivity index (χ1n) is 7.76. The maximum Gasteiger partial charge on any atom is 0.248 e. The molecule has 2 heterocycles. The largest absolute Gasteiger partial charge is 0.366 e. The molecule has 0 saturated heterocycles. The lowest BCUT2D eigenvalue weighted by atomic mass is 9.99. The number of nitrogens with zero attached hydrogens (tertiary/aromatic N) is 2. The summed E-state index contributed by atoms with van der Waals surface area (Å²) in [5, 5.41) is 3.50. The monoisotopic (exact) mass is 298 g/mol. The van der Waals surface area contributed by atoms with E-state index in [0.717, 1.165) is 30.9 Å². The second kappa shape index (κ2) is 6.32. The van der Waals surface area contributed by atoms with Gasteiger partial charge in [0.1, 0.15) is 5.82 Å². The highest BCUT2D eigenvalue weighted by molar-refractivity contribution is 5.92. The molecule has 116 valence electrons. The van der Waals surface area contributed by atoms with Gasteiger partial charge in [-0.05, 0) is 37.5 Å². The Morgan fingerprint density at radius 2 is 2.18 bits per heavy atom. The molecular formula is C17H22N4O. The summed E-state index contributed by atoms with van der Waals surface area (Å²) in [6.07, 6.45) is 4.54. The number of carbonyl (C=O) groups excluding carboxylic acids is 1. The minimum absolute atomic E-state index is 0.385. The molecule has 3 rings (SSSR count). The maximum absolute atomic E-state index is 11.0. The number of fused-ring (bicyclic) bond motifs is 1. The number of nitrogens with one attached hydrogen (secondary N) is 1. The minimum atomic E-state index is -0.385. The fourth-order valence-electron chi connectivity index (χ4n) is 3.08. The van der Waals surface area contributed by atoms with E-state index in [2.05, 4.69) is 28.0 Å². The van der Waals surface area contributed by atoms with Crippen molar-refractivity contribution in [2.24, 2.45) is 5.73 Å². The van der Waals surface area contributed by atoms with E-state index in [1.54, 1.807) is 12.1 Å². The number of hydrogen-bond acceptors (Lipinski definition) is 3. The van der Waals surface area contributed by atoms with Crippen molar-refractivity contribution in [1.82, 2.24) is 14.9 Å². The van der Waals surface area contributed by atoms with E-state index in [-0.39, 0.29) is 5.91 Å². The van der Waals surface area contributed by atoms with Crippen molar-refractivity contribution in [3.05, 3.63) is 53.1 Å². The Hall–Kier alpha value is -2.14. The second-order valence-electron chi connectivity index (χ2n) is 5.97. The summed E-state index contributed by atoms with van der Waals surface area (Å²) in [6.45, 7) is 4.85. The van der Waals surface area contributed by atoms with Gasteiger partial charge in [-0.2, -0.15) is 0 Å². The number of carbonyl (C=O) groups is 1. The van der Waals surface area contributed by atoms with Crippen molar-refractivity contribution >= 4 is 5.91 Å². The molecule has 0 bridgehead atoms. The predicted octanol–water partition coefficient (Wildman–Crippen LogP) is 1.96. The molecule has 0 radical (unpaired) electrons. The number of imidazole rings is 1. The van der Waals surface area contributed by atoms with Gasteiger partial charge in [0.15, 0.2) is 0 Å². The van der Waals surface area contributed by atoms with Crippen LogP contribution < -0.4 is 11.1 Å². The van der Waals surface area contributed by atoms with Crippen LogP contribution in [0.4, 0.5) is 0 Å². The van der Waals surface area contributed by atoms with Crippen molar-refractivity contribution in [2.45, 2.75) is 38.8 Å². The Bertz CT molecular complexity index is 660. The van der Waals surface area contributed by atoms with Crippen molar-refractivity contribution in [1.29, 1.82) is 0 Å². The van der Waals surface area contributed by atoms with Crippen LogP contribution in [0.2, 0.25) is 0 Å². The van der Waals surface area contributed by atoms with Crippen LogP contribution in [0.5, 0.6) is 0 Å². The van der Waals surface area contributed by atoms with Crippen LogP contribution in [0.3, 0.4) is 0 Å². The van der Waals surface area contributed by atoms with E-state index in [0.29, 0.717) is 11.5 Å². The van der Waals surface area contributed by atoms with E-state index in [1.165, 1.54) is 18.7 Å². The van der Waals surface area contributed by atoms with Crippen LogP contribution in [-0.4, -0.2) is 22.0 Å². The Morgan fingerprint density at radius 1 is 1.41 bits per heavy atom. The fourth-order valence-corrected chi connectivity index (χ4v) is 3.08. The lowest BCUT2D eigenvalue weighted by Gasteiger charge is -2.23. The molecule has 3 N–H and O–H groups in total. The quantitative estimate of drug-likeness (QED) is 0.886. The molecule has 0 unspecified atom stereocenters. The smallest absolute Gasteiger partial charge is 0.248 e. The summed E-state index contributed by atoms with van der Waals surface area (Å²) in [4.78, 5) is 15.7. The minimum Gasteiger partial charge on any atom is -0.366 e. The van der Waals surface area contributed by atoms with Gasteiger partial charge in [-0.3, -0.25) is 4.79 Å². The van der Waals surface area contributed by atoms with Crippen molar-refractivity contribution in [2.75, 3.05) is 6.54 Å². The van der Waals surface area contributed by atoms with Gasteiger partial charge in [-0.25, -0.2) is 4.98 Å². The van der Waals surface area contributed by atoms with Gasteiger partial charge in [-0.1, -0.05) is 12.1 Å². The van der Waals surface area contributed by atoms with Gasteiger partial charge in [0, 0.05) is 37.3 Å². The van der Waals surface area contributed by atoms with Crippen LogP contribution >= 0.6 is 0 Å². The molecule has 0 aliphatic carbocycles. The number of hydrogen-bond donors (Lipinski definition) is 2. The van der Waals surface area contributed by atoms with Crippen LogP contribution in [0, 0.1) is 6.92 Å².